The van der Waals surface area contributed by atoms with Gasteiger partial charge in [0.25, 0.3) is 0 Å². The zero-order valence-corrected chi connectivity index (χ0v) is 13.5. The van der Waals surface area contributed by atoms with Crippen LogP contribution >= 0.6 is 12.6 Å². The van der Waals surface area contributed by atoms with Crippen molar-refractivity contribution in [2.75, 3.05) is 0 Å². The monoisotopic (exact) mass is 315 g/mol. The van der Waals surface area contributed by atoms with Gasteiger partial charge >= 0.3 is 5.97 Å². The van der Waals surface area contributed by atoms with E-state index in [-0.39, 0.29) is 6.10 Å². The predicted octanol–water partition coefficient (Wildman–Crippen LogP) is 2.66. The molecule has 1 unspecified atom stereocenters. The minimum Gasteiger partial charge on any atom is -0.460 e. The molecule has 22 heavy (non-hydrogen) atoms. The van der Waals surface area contributed by atoms with Crippen LogP contribution in [-0.2, 0) is 9.53 Å². The van der Waals surface area contributed by atoms with Crippen molar-refractivity contribution in [3.8, 4) is 6.07 Å². The van der Waals surface area contributed by atoms with Gasteiger partial charge in [0.1, 0.15) is 0 Å². The Hall–Kier alpha value is -2.26. The van der Waals surface area contributed by atoms with E-state index in [1.165, 1.54) is 0 Å². The molecule has 1 atom stereocenters. The van der Waals surface area contributed by atoms with Gasteiger partial charge in [-0.1, -0.05) is 6.07 Å². The van der Waals surface area contributed by atoms with Crippen LogP contribution in [0.15, 0.2) is 46.4 Å². The quantitative estimate of drug-likeness (QED) is 0.662. The topological polar surface area (TPSA) is 75.0 Å². The smallest absolute Gasteiger partial charge is 0.337 e. The largest absolute Gasteiger partial charge is 0.460 e. The third-order valence-electron chi connectivity index (χ3n) is 3.24. The molecule has 5 nitrogen and oxygen atoms in total. The summed E-state index contributed by atoms with van der Waals surface area (Å²) in [6.45, 7) is 5.34. The first-order valence-electron chi connectivity index (χ1n) is 6.87. The Bertz CT molecular complexity index is 687. The summed E-state index contributed by atoms with van der Waals surface area (Å²) in [5.41, 5.74) is 2.17. The molecule has 6 heteroatoms. The highest BCUT2D eigenvalue weighted by Crippen LogP contribution is 2.38. The van der Waals surface area contributed by atoms with Gasteiger partial charge in [0.05, 0.1) is 34.3 Å². The first kappa shape index (κ1) is 16.1. The lowest BCUT2D eigenvalue weighted by atomic mass is 9.83. The number of rotatable bonds is 3. The van der Waals surface area contributed by atoms with Gasteiger partial charge in [0, 0.05) is 18.1 Å². The molecular formula is C16H17N3O2S. The van der Waals surface area contributed by atoms with Crippen molar-refractivity contribution < 1.29 is 9.53 Å². The molecule has 0 saturated carbocycles. The van der Waals surface area contributed by atoms with Crippen molar-refractivity contribution in [2.24, 2.45) is 0 Å². The number of dihydropyridines is 1. The minimum absolute atomic E-state index is 0.241. The number of nitrogens with one attached hydrogen (secondary N) is 1. The summed E-state index contributed by atoms with van der Waals surface area (Å²) in [6, 6.07) is 5.73. The molecule has 0 fully saturated rings. The van der Waals surface area contributed by atoms with Crippen LogP contribution in [0.3, 0.4) is 0 Å². The van der Waals surface area contributed by atoms with Crippen LogP contribution in [0.1, 0.15) is 32.3 Å². The molecule has 1 aliphatic heterocycles. The van der Waals surface area contributed by atoms with Crippen LogP contribution in [-0.4, -0.2) is 17.1 Å². The Morgan fingerprint density at radius 2 is 2.27 bits per heavy atom. The molecule has 0 radical (unpaired) electrons. The molecule has 0 aliphatic carbocycles. The maximum absolute atomic E-state index is 12.5. The molecular weight excluding hydrogens is 298 g/mol. The number of allylic oxidation sites excluding steroid dienone is 2. The number of hydrogen-bond donors (Lipinski definition) is 2. The van der Waals surface area contributed by atoms with Gasteiger partial charge < -0.3 is 10.1 Å². The Morgan fingerprint density at radius 3 is 2.82 bits per heavy atom. The summed E-state index contributed by atoms with van der Waals surface area (Å²) in [6.07, 6.45) is 3.05. The minimum atomic E-state index is -0.529. The van der Waals surface area contributed by atoms with Crippen molar-refractivity contribution in [1.29, 1.82) is 5.26 Å². The average molecular weight is 315 g/mol. The van der Waals surface area contributed by atoms with Crippen molar-refractivity contribution in [3.63, 3.8) is 0 Å². The van der Waals surface area contributed by atoms with Crippen LogP contribution in [0, 0.1) is 11.3 Å². The highest BCUT2D eigenvalue weighted by Gasteiger charge is 2.34. The van der Waals surface area contributed by atoms with Gasteiger partial charge in [-0.25, -0.2) is 4.79 Å². The number of esters is 1. The third kappa shape index (κ3) is 3.15. The van der Waals surface area contributed by atoms with Crippen molar-refractivity contribution in [1.82, 2.24) is 10.3 Å². The summed E-state index contributed by atoms with van der Waals surface area (Å²) in [5, 5.41) is 12.9. The fraction of sp³-hybridized carbons (Fsp3) is 0.312. The first-order chi connectivity index (χ1) is 10.5. The molecule has 0 spiro atoms. The predicted molar refractivity (Wildman–Crippen MR) is 85.7 cm³/mol. The third-order valence-corrected chi connectivity index (χ3v) is 3.60. The number of carbonyl (C=O) groups excluding carboxylic acids is 1. The highest BCUT2D eigenvalue weighted by molar-refractivity contribution is 7.84. The normalized spacial score (nSPS) is 18.1. The fourth-order valence-corrected chi connectivity index (χ4v) is 2.70. The molecule has 0 saturated heterocycles. The van der Waals surface area contributed by atoms with Crippen molar-refractivity contribution in [2.45, 2.75) is 32.8 Å². The molecule has 0 bridgehead atoms. The maximum Gasteiger partial charge on any atom is 0.337 e. The Kier molecular flexibility index (Phi) is 4.88. The molecule has 0 amide bonds. The Balaban J connectivity index is 2.56. The standard InChI is InChI=1S/C16H17N3O2S/c1-9(2)21-16(20)13-10(3)19-15(22)12(7-17)14(13)11-5-4-6-18-8-11/h4-6,8-9,14,19,22H,1-3H3. The molecule has 0 aromatic carbocycles. The van der Waals surface area contributed by atoms with Crippen LogP contribution in [0.25, 0.3) is 0 Å². The van der Waals surface area contributed by atoms with Gasteiger partial charge in [-0.3, -0.25) is 4.98 Å². The maximum atomic E-state index is 12.5. The van der Waals surface area contributed by atoms with Crippen LogP contribution in [0.5, 0.6) is 0 Å². The fourth-order valence-electron chi connectivity index (χ4n) is 2.36. The number of thiol groups is 1. The molecule has 2 heterocycles. The summed E-state index contributed by atoms with van der Waals surface area (Å²) in [7, 11) is 0. The van der Waals surface area contributed by atoms with E-state index in [0.29, 0.717) is 21.9 Å². The first-order valence-corrected chi connectivity index (χ1v) is 7.32. The van der Waals surface area contributed by atoms with Crippen molar-refractivity contribution in [3.05, 3.63) is 52.0 Å². The molecule has 1 aromatic heterocycles. The summed E-state index contributed by atoms with van der Waals surface area (Å²) < 4.78 is 5.33. The van der Waals surface area contributed by atoms with Crippen molar-refractivity contribution >= 4 is 18.6 Å². The number of carbonyl (C=O) groups is 1. The van der Waals surface area contributed by atoms with E-state index in [2.05, 4.69) is 29.0 Å². The molecule has 1 N–H and O–H groups in total. The van der Waals surface area contributed by atoms with E-state index in [4.69, 9.17) is 4.74 Å². The average Bonchev–Trinajstić information content (AvgIpc) is 2.46. The molecule has 2 rings (SSSR count). The number of ether oxygens (including phenoxy) is 1. The number of aromatic nitrogens is 1. The van der Waals surface area contributed by atoms with Gasteiger partial charge in [-0.2, -0.15) is 5.26 Å². The molecule has 1 aliphatic rings. The summed E-state index contributed by atoms with van der Waals surface area (Å²) in [5.74, 6) is -0.971. The Labute approximate surface area is 135 Å². The van der Waals surface area contributed by atoms with E-state index in [1.54, 1.807) is 39.2 Å². The van der Waals surface area contributed by atoms with E-state index in [1.807, 2.05) is 6.07 Å². The zero-order chi connectivity index (χ0) is 16.3. The van der Waals surface area contributed by atoms with Gasteiger partial charge in [-0.15, -0.1) is 12.6 Å². The lowest BCUT2D eigenvalue weighted by Crippen LogP contribution is -2.29. The number of nitrogens with zero attached hydrogens (tertiary/aromatic N) is 2. The summed E-state index contributed by atoms with van der Waals surface area (Å²) in [4.78, 5) is 16.6. The van der Waals surface area contributed by atoms with Crippen LogP contribution in [0.2, 0.25) is 0 Å². The highest BCUT2D eigenvalue weighted by atomic mass is 32.1. The molecule has 114 valence electrons. The van der Waals surface area contributed by atoms with Gasteiger partial charge in [-0.05, 0) is 32.4 Å². The second-order valence-electron chi connectivity index (χ2n) is 5.21. The second-order valence-corrected chi connectivity index (χ2v) is 5.66. The number of pyridine rings is 1. The van der Waals surface area contributed by atoms with Gasteiger partial charge in [0.15, 0.2) is 0 Å². The lowest BCUT2D eigenvalue weighted by molar-refractivity contribution is -0.143. The van der Waals surface area contributed by atoms with Crippen LogP contribution < -0.4 is 5.32 Å². The van der Waals surface area contributed by atoms with Gasteiger partial charge in [0.2, 0.25) is 0 Å². The number of nitriles is 1. The van der Waals surface area contributed by atoms with Crippen LogP contribution in [0.4, 0.5) is 0 Å². The second kappa shape index (κ2) is 6.67. The van der Waals surface area contributed by atoms with E-state index in [0.717, 1.165) is 5.56 Å². The number of hydrogen-bond acceptors (Lipinski definition) is 6. The zero-order valence-electron chi connectivity index (χ0n) is 12.6. The van der Waals surface area contributed by atoms with E-state index >= 15 is 0 Å². The Morgan fingerprint density at radius 1 is 1.55 bits per heavy atom. The molecule has 1 aromatic rings. The van der Waals surface area contributed by atoms with E-state index < -0.39 is 11.9 Å². The van der Waals surface area contributed by atoms with E-state index in [9.17, 15) is 10.1 Å². The summed E-state index contributed by atoms with van der Waals surface area (Å²) >= 11 is 4.32. The SMILES string of the molecule is CC1=C(C(=O)OC(C)C)C(c2cccnc2)C(C#N)=C(S)N1. The lowest BCUT2D eigenvalue weighted by Gasteiger charge is -2.28.